The number of aromatic amines is 1. The summed E-state index contributed by atoms with van der Waals surface area (Å²) in [6, 6.07) is 5.96. The first kappa shape index (κ1) is 18.4. The van der Waals surface area contributed by atoms with Crippen molar-refractivity contribution < 1.29 is 9.47 Å². The van der Waals surface area contributed by atoms with Gasteiger partial charge in [-0.1, -0.05) is 50.1 Å². The highest BCUT2D eigenvalue weighted by molar-refractivity contribution is 6.30. The van der Waals surface area contributed by atoms with E-state index in [2.05, 4.69) is 26.7 Å². The molecule has 0 bridgehead atoms. The second-order valence-corrected chi connectivity index (χ2v) is 8.89. The topological polar surface area (TPSA) is 72.9 Å². The molecule has 1 aliphatic heterocycles. The zero-order valence-corrected chi connectivity index (χ0v) is 16.8. The smallest absolute Gasteiger partial charge is 0.263 e. The number of nitrogens with one attached hydrogen (secondary N) is 1. The first-order chi connectivity index (χ1) is 13.8. The van der Waals surface area contributed by atoms with E-state index >= 15 is 0 Å². The van der Waals surface area contributed by atoms with Crippen LogP contribution in [0, 0.1) is 11.8 Å². The molecule has 2 aliphatic carbocycles. The van der Waals surface area contributed by atoms with Gasteiger partial charge in [-0.15, -0.1) is 5.10 Å². The maximum Gasteiger partial charge on any atom is 0.263 e. The minimum atomic E-state index is -0.618. The van der Waals surface area contributed by atoms with Crippen LogP contribution in [0.4, 0.5) is 0 Å². The Labute approximate surface area is 170 Å². The third kappa shape index (κ3) is 3.11. The summed E-state index contributed by atoms with van der Waals surface area (Å²) >= 11 is 6.47. The lowest BCUT2D eigenvalue weighted by Gasteiger charge is -2.52. The maximum atomic E-state index is 6.92. The number of hydrogen-bond donors (Lipinski definition) is 1. The summed E-state index contributed by atoms with van der Waals surface area (Å²) in [6.07, 6.45) is 11.8. The number of nitrogens with zero attached hydrogens (tertiary/aromatic N) is 3. The van der Waals surface area contributed by atoms with Gasteiger partial charge < -0.3 is 9.47 Å². The van der Waals surface area contributed by atoms with E-state index in [1.165, 1.54) is 64.2 Å². The lowest BCUT2D eigenvalue weighted by molar-refractivity contribution is -0.256. The zero-order valence-electron chi connectivity index (χ0n) is 16.1. The Balaban J connectivity index is 1.66. The fraction of sp³-hybridized carbons (Fsp3) is 0.667. The minimum Gasteiger partial charge on any atom is -0.457 e. The molecule has 7 heteroatoms. The van der Waals surface area contributed by atoms with Gasteiger partial charge in [0.05, 0.1) is 0 Å². The molecule has 2 heterocycles. The van der Waals surface area contributed by atoms with Gasteiger partial charge >= 0.3 is 0 Å². The summed E-state index contributed by atoms with van der Waals surface area (Å²) < 4.78 is 13.1. The SMILES string of the molecule is Clc1ccc2c(c1)C(C1CCCCC1)(C1CCCCC1)OC(c1nnn[nH]1)O2. The van der Waals surface area contributed by atoms with Gasteiger partial charge in [0.2, 0.25) is 5.82 Å². The van der Waals surface area contributed by atoms with Gasteiger partial charge in [0.1, 0.15) is 11.4 Å². The molecule has 5 rings (SSSR count). The Morgan fingerprint density at radius 2 is 1.64 bits per heavy atom. The number of halogens is 1. The van der Waals surface area contributed by atoms with Crippen molar-refractivity contribution in [2.24, 2.45) is 11.8 Å². The highest BCUT2D eigenvalue weighted by Gasteiger charge is 2.54. The second-order valence-electron chi connectivity index (χ2n) is 8.46. The van der Waals surface area contributed by atoms with Crippen LogP contribution in [0.2, 0.25) is 5.02 Å². The highest BCUT2D eigenvalue weighted by atomic mass is 35.5. The van der Waals surface area contributed by atoms with Crippen LogP contribution in [-0.4, -0.2) is 20.6 Å². The molecule has 6 nitrogen and oxygen atoms in total. The molecule has 0 radical (unpaired) electrons. The number of benzene rings is 1. The summed E-state index contributed by atoms with van der Waals surface area (Å²) in [5.41, 5.74) is 0.735. The zero-order chi connectivity index (χ0) is 19.0. The van der Waals surface area contributed by atoms with Crippen LogP contribution in [0.25, 0.3) is 0 Å². The molecule has 3 aliphatic rings. The second kappa shape index (κ2) is 7.64. The van der Waals surface area contributed by atoms with Crippen molar-refractivity contribution in [3.8, 4) is 5.75 Å². The van der Waals surface area contributed by atoms with Crippen LogP contribution in [-0.2, 0) is 10.3 Å². The third-order valence-electron chi connectivity index (χ3n) is 6.91. The first-order valence-electron chi connectivity index (χ1n) is 10.7. The van der Waals surface area contributed by atoms with E-state index in [-0.39, 0.29) is 0 Å². The van der Waals surface area contributed by atoms with Gasteiger partial charge in [-0.25, -0.2) is 5.10 Å². The Bertz CT molecular complexity index is 783. The predicted octanol–water partition coefficient (Wildman–Crippen LogP) is 5.32. The molecule has 2 fully saturated rings. The normalized spacial score (nSPS) is 25.8. The van der Waals surface area contributed by atoms with Crippen molar-refractivity contribution in [3.63, 3.8) is 0 Å². The summed E-state index contributed by atoms with van der Waals surface area (Å²) in [5, 5.41) is 15.2. The lowest BCUT2D eigenvalue weighted by Crippen LogP contribution is -2.50. The number of rotatable bonds is 3. The van der Waals surface area contributed by atoms with Gasteiger partial charge in [0.15, 0.2) is 0 Å². The van der Waals surface area contributed by atoms with Crippen molar-refractivity contribution in [1.29, 1.82) is 0 Å². The maximum absolute atomic E-state index is 6.92. The van der Waals surface area contributed by atoms with E-state index in [1.807, 2.05) is 12.1 Å². The lowest BCUT2D eigenvalue weighted by atomic mass is 9.63. The van der Waals surface area contributed by atoms with Crippen molar-refractivity contribution in [3.05, 3.63) is 34.6 Å². The summed E-state index contributed by atoms with van der Waals surface area (Å²) in [6.45, 7) is 0. The number of fused-ring (bicyclic) bond motifs is 1. The van der Waals surface area contributed by atoms with Gasteiger partial charge in [0.25, 0.3) is 6.29 Å². The molecule has 2 saturated carbocycles. The predicted molar refractivity (Wildman–Crippen MR) is 105 cm³/mol. The Morgan fingerprint density at radius 3 is 2.25 bits per heavy atom. The van der Waals surface area contributed by atoms with Crippen molar-refractivity contribution in [2.75, 3.05) is 0 Å². The summed E-state index contributed by atoms with van der Waals surface area (Å²) in [7, 11) is 0. The van der Waals surface area contributed by atoms with Crippen LogP contribution in [0.15, 0.2) is 18.2 Å². The standard InChI is InChI=1S/C21H27ClN4O2/c22-16-11-12-18-17(13-16)21(14-7-3-1-4-8-14,15-9-5-2-6-10-15)28-20(27-18)19-23-25-26-24-19/h11-15,20H,1-10H2,(H,23,24,25,26). The van der Waals surface area contributed by atoms with Gasteiger partial charge in [-0.2, -0.15) is 0 Å². The average Bonchev–Trinajstić information content (AvgIpc) is 3.29. The van der Waals surface area contributed by atoms with Crippen LogP contribution in [0.3, 0.4) is 0 Å². The molecule has 1 atom stereocenters. The Morgan fingerprint density at radius 1 is 0.964 bits per heavy atom. The van der Waals surface area contributed by atoms with E-state index in [4.69, 9.17) is 21.1 Å². The molecule has 0 amide bonds. The molecule has 0 spiro atoms. The number of tetrazole rings is 1. The number of hydrogen-bond acceptors (Lipinski definition) is 5. The molecule has 28 heavy (non-hydrogen) atoms. The summed E-state index contributed by atoms with van der Waals surface area (Å²) in [4.78, 5) is 0. The average molecular weight is 403 g/mol. The van der Waals surface area contributed by atoms with Crippen molar-refractivity contribution in [1.82, 2.24) is 20.6 Å². The molecular weight excluding hydrogens is 376 g/mol. The van der Waals surface area contributed by atoms with Crippen LogP contribution in [0.5, 0.6) is 5.75 Å². The molecule has 150 valence electrons. The quantitative estimate of drug-likeness (QED) is 0.752. The summed E-state index contributed by atoms with van der Waals surface area (Å²) in [5.74, 6) is 2.30. The van der Waals surface area contributed by atoms with E-state index in [0.717, 1.165) is 16.3 Å². The fourth-order valence-electron chi connectivity index (χ4n) is 5.70. The minimum absolute atomic E-state index is 0.392. The number of H-pyrrole nitrogens is 1. The first-order valence-corrected chi connectivity index (χ1v) is 11.0. The molecule has 0 saturated heterocycles. The third-order valence-corrected chi connectivity index (χ3v) is 7.14. The van der Waals surface area contributed by atoms with Crippen LogP contribution >= 0.6 is 11.6 Å². The Kier molecular flexibility index (Phi) is 5.01. The van der Waals surface area contributed by atoms with E-state index < -0.39 is 11.9 Å². The number of aromatic nitrogens is 4. The van der Waals surface area contributed by atoms with E-state index in [9.17, 15) is 0 Å². The van der Waals surface area contributed by atoms with Crippen LogP contribution < -0.4 is 4.74 Å². The van der Waals surface area contributed by atoms with E-state index in [0.29, 0.717) is 17.7 Å². The van der Waals surface area contributed by atoms with Gasteiger partial charge in [0, 0.05) is 10.6 Å². The molecule has 1 N–H and O–H groups in total. The van der Waals surface area contributed by atoms with Crippen molar-refractivity contribution >= 4 is 11.6 Å². The molecule has 1 unspecified atom stereocenters. The van der Waals surface area contributed by atoms with E-state index in [1.54, 1.807) is 0 Å². The largest absolute Gasteiger partial charge is 0.457 e. The van der Waals surface area contributed by atoms with Gasteiger partial charge in [-0.05, 0) is 66.1 Å². The molecule has 1 aromatic carbocycles. The van der Waals surface area contributed by atoms with Crippen molar-refractivity contribution in [2.45, 2.75) is 76.1 Å². The molecular formula is C21H27ClN4O2. The molecule has 2 aromatic rings. The highest BCUT2D eigenvalue weighted by Crippen LogP contribution is 2.57. The van der Waals surface area contributed by atoms with Gasteiger partial charge in [-0.3, -0.25) is 0 Å². The molecule has 1 aromatic heterocycles. The van der Waals surface area contributed by atoms with Crippen LogP contribution in [0.1, 0.15) is 81.9 Å². The fourth-order valence-corrected chi connectivity index (χ4v) is 5.87. The monoisotopic (exact) mass is 402 g/mol. The Hall–Kier alpha value is -1.66. The number of ether oxygens (including phenoxy) is 2.